The van der Waals surface area contributed by atoms with E-state index in [0.717, 1.165) is 6.07 Å². The van der Waals surface area contributed by atoms with Gasteiger partial charge in [0.25, 0.3) is 0 Å². The van der Waals surface area contributed by atoms with Crippen molar-refractivity contribution >= 4 is 17.4 Å². The summed E-state index contributed by atoms with van der Waals surface area (Å²) < 4.78 is 18.6. The summed E-state index contributed by atoms with van der Waals surface area (Å²) in [7, 11) is 0. The molecular weight excluding hydrogens is 255 g/mol. The molecule has 0 amide bonds. The zero-order valence-electron chi connectivity index (χ0n) is 9.28. The largest absolute Gasteiger partial charge is 0.455 e. The van der Waals surface area contributed by atoms with Gasteiger partial charge in [0.05, 0.1) is 10.6 Å². The fourth-order valence-corrected chi connectivity index (χ4v) is 1.62. The Balaban J connectivity index is 2.41. The lowest BCUT2D eigenvalue weighted by molar-refractivity contribution is 0.479. The molecule has 0 bridgehead atoms. The van der Waals surface area contributed by atoms with E-state index >= 15 is 0 Å². The molecule has 0 aliphatic heterocycles. The molecule has 0 aliphatic rings. The number of halogens is 2. The van der Waals surface area contributed by atoms with E-state index in [4.69, 9.17) is 27.5 Å². The van der Waals surface area contributed by atoms with Crippen molar-refractivity contribution in [3.05, 3.63) is 58.9 Å². The van der Waals surface area contributed by atoms with Crippen LogP contribution < -0.4 is 10.5 Å². The number of nitrogens with one attached hydrogen (secondary N) is 1. The van der Waals surface area contributed by atoms with Crippen molar-refractivity contribution in [3.8, 4) is 11.5 Å². The third kappa shape index (κ3) is 2.60. The molecule has 2 rings (SSSR count). The molecule has 0 aromatic heterocycles. The minimum Gasteiger partial charge on any atom is -0.455 e. The van der Waals surface area contributed by atoms with Gasteiger partial charge in [0.2, 0.25) is 0 Å². The lowest BCUT2D eigenvalue weighted by Gasteiger charge is -2.11. The summed E-state index contributed by atoms with van der Waals surface area (Å²) in [6.45, 7) is 0. The number of ether oxygens (including phenoxy) is 1. The second-order valence-electron chi connectivity index (χ2n) is 3.59. The smallest absolute Gasteiger partial charge is 0.146 e. The Bertz CT molecular complexity index is 601. The van der Waals surface area contributed by atoms with E-state index in [-0.39, 0.29) is 17.1 Å². The monoisotopic (exact) mass is 264 g/mol. The van der Waals surface area contributed by atoms with Gasteiger partial charge in [-0.25, -0.2) is 4.39 Å². The molecule has 3 nitrogen and oxygen atoms in total. The molecule has 0 heterocycles. The minimum absolute atomic E-state index is 0.190. The maximum atomic E-state index is 13.1. The van der Waals surface area contributed by atoms with Crippen LogP contribution in [0.25, 0.3) is 0 Å². The quantitative estimate of drug-likeness (QED) is 0.658. The molecule has 0 saturated carbocycles. The first kappa shape index (κ1) is 12.4. The van der Waals surface area contributed by atoms with Crippen LogP contribution in [0.4, 0.5) is 4.39 Å². The normalized spacial score (nSPS) is 10.1. The third-order valence-corrected chi connectivity index (χ3v) is 2.60. The third-order valence-electron chi connectivity index (χ3n) is 2.29. The van der Waals surface area contributed by atoms with Crippen molar-refractivity contribution in [2.45, 2.75) is 0 Å². The second kappa shape index (κ2) is 5.06. The molecule has 3 N–H and O–H groups in total. The molecule has 0 atom stereocenters. The minimum atomic E-state index is -0.480. The van der Waals surface area contributed by atoms with Crippen LogP contribution in [0.3, 0.4) is 0 Å². The maximum Gasteiger partial charge on any atom is 0.146 e. The molecule has 0 spiro atoms. The Morgan fingerprint density at radius 2 is 1.89 bits per heavy atom. The van der Waals surface area contributed by atoms with E-state index in [9.17, 15) is 4.39 Å². The summed E-state index contributed by atoms with van der Waals surface area (Å²) in [5.74, 6) is -0.0338. The average molecular weight is 265 g/mol. The van der Waals surface area contributed by atoms with Crippen LogP contribution in [0.1, 0.15) is 5.56 Å². The van der Waals surface area contributed by atoms with Crippen LogP contribution in [0.15, 0.2) is 42.5 Å². The molecule has 0 unspecified atom stereocenters. The van der Waals surface area contributed by atoms with Crippen molar-refractivity contribution in [2.75, 3.05) is 0 Å². The fourth-order valence-electron chi connectivity index (χ4n) is 1.45. The highest BCUT2D eigenvalue weighted by atomic mass is 35.5. The van der Waals surface area contributed by atoms with Crippen molar-refractivity contribution in [1.29, 1.82) is 5.41 Å². The Kier molecular flexibility index (Phi) is 3.48. The van der Waals surface area contributed by atoms with Gasteiger partial charge in [-0.05, 0) is 30.3 Å². The van der Waals surface area contributed by atoms with Gasteiger partial charge in [-0.1, -0.05) is 23.7 Å². The molecule has 0 saturated heterocycles. The van der Waals surface area contributed by atoms with Gasteiger partial charge < -0.3 is 10.5 Å². The van der Waals surface area contributed by atoms with Crippen LogP contribution in [0.2, 0.25) is 5.02 Å². The molecule has 2 aromatic rings. The Labute approximate surface area is 108 Å². The number of hydrogen-bond donors (Lipinski definition) is 2. The van der Waals surface area contributed by atoms with Crippen molar-refractivity contribution in [1.82, 2.24) is 0 Å². The van der Waals surface area contributed by atoms with Gasteiger partial charge in [0.15, 0.2) is 0 Å². The van der Waals surface area contributed by atoms with Gasteiger partial charge >= 0.3 is 0 Å². The maximum absolute atomic E-state index is 13.1. The van der Waals surface area contributed by atoms with E-state index in [0.29, 0.717) is 10.8 Å². The predicted molar refractivity (Wildman–Crippen MR) is 68.9 cm³/mol. The number of rotatable bonds is 3. The average Bonchev–Trinajstić information content (AvgIpc) is 2.34. The number of amidine groups is 1. The van der Waals surface area contributed by atoms with E-state index < -0.39 is 5.82 Å². The highest BCUT2D eigenvalue weighted by Crippen LogP contribution is 2.31. The number of hydrogen-bond acceptors (Lipinski definition) is 2. The highest BCUT2D eigenvalue weighted by Gasteiger charge is 2.10. The Morgan fingerprint density at radius 3 is 2.56 bits per heavy atom. The van der Waals surface area contributed by atoms with Gasteiger partial charge in [0, 0.05) is 0 Å². The van der Waals surface area contributed by atoms with Gasteiger partial charge in [-0.2, -0.15) is 0 Å². The molecule has 18 heavy (non-hydrogen) atoms. The lowest BCUT2D eigenvalue weighted by Crippen LogP contribution is -2.12. The van der Waals surface area contributed by atoms with Gasteiger partial charge in [0.1, 0.15) is 23.2 Å². The van der Waals surface area contributed by atoms with Crippen LogP contribution in [-0.4, -0.2) is 5.84 Å². The van der Waals surface area contributed by atoms with E-state index in [2.05, 4.69) is 0 Å². The molecule has 0 radical (unpaired) electrons. The SMILES string of the molecule is N=C(N)c1cc(F)ccc1Oc1ccccc1Cl. The molecule has 2 aromatic carbocycles. The standard InChI is InChI=1S/C13H10ClFN2O/c14-10-3-1-2-4-12(10)18-11-6-5-8(15)7-9(11)13(16)17/h1-7H,(H3,16,17). The zero-order chi connectivity index (χ0) is 13.1. The number of para-hydroxylation sites is 1. The lowest BCUT2D eigenvalue weighted by atomic mass is 10.2. The van der Waals surface area contributed by atoms with E-state index in [1.165, 1.54) is 12.1 Å². The van der Waals surface area contributed by atoms with Gasteiger partial charge in [-0.15, -0.1) is 0 Å². The van der Waals surface area contributed by atoms with Crippen LogP contribution >= 0.6 is 11.6 Å². The first-order valence-electron chi connectivity index (χ1n) is 5.14. The zero-order valence-corrected chi connectivity index (χ0v) is 10.0. The van der Waals surface area contributed by atoms with E-state index in [1.807, 2.05) is 0 Å². The van der Waals surface area contributed by atoms with Crippen LogP contribution in [0.5, 0.6) is 11.5 Å². The topological polar surface area (TPSA) is 59.1 Å². The number of nitrogen functional groups attached to an aromatic ring is 1. The van der Waals surface area contributed by atoms with Crippen LogP contribution in [-0.2, 0) is 0 Å². The predicted octanol–water partition coefficient (Wildman–Crippen LogP) is 3.56. The van der Waals surface area contributed by atoms with E-state index in [1.54, 1.807) is 24.3 Å². The first-order chi connectivity index (χ1) is 8.58. The Morgan fingerprint density at radius 1 is 1.17 bits per heavy atom. The second-order valence-corrected chi connectivity index (χ2v) is 3.99. The first-order valence-corrected chi connectivity index (χ1v) is 5.52. The van der Waals surface area contributed by atoms with Crippen LogP contribution in [0, 0.1) is 11.2 Å². The fraction of sp³-hybridized carbons (Fsp3) is 0. The summed E-state index contributed by atoms with van der Waals surface area (Å²) in [6, 6.07) is 10.7. The number of benzene rings is 2. The Hall–Kier alpha value is -2.07. The summed E-state index contributed by atoms with van der Waals surface area (Å²) in [6.07, 6.45) is 0. The summed E-state index contributed by atoms with van der Waals surface area (Å²) in [4.78, 5) is 0. The molecule has 92 valence electrons. The number of nitrogens with two attached hydrogens (primary N) is 1. The molecule has 0 fully saturated rings. The summed E-state index contributed by atoms with van der Waals surface area (Å²) >= 11 is 5.95. The summed E-state index contributed by atoms with van der Waals surface area (Å²) in [5, 5.41) is 7.82. The van der Waals surface area contributed by atoms with Gasteiger partial charge in [-0.3, -0.25) is 5.41 Å². The van der Waals surface area contributed by atoms with Crippen molar-refractivity contribution in [3.63, 3.8) is 0 Å². The summed E-state index contributed by atoms with van der Waals surface area (Å²) in [5.41, 5.74) is 5.57. The molecule has 5 heteroatoms. The molecule has 0 aliphatic carbocycles. The van der Waals surface area contributed by atoms with Crippen molar-refractivity contribution in [2.24, 2.45) is 5.73 Å². The van der Waals surface area contributed by atoms with Crippen molar-refractivity contribution < 1.29 is 9.13 Å². The molecular formula is C13H10ClFN2O. The highest BCUT2D eigenvalue weighted by molar-refractivity contribution is 6.32.